The molecule has 0 radical (unpaired) electrons. The largest absolute Gasteiger partial charge is 0.273 e. The predicted molar refractivity (Wildman–Crippen MR) is 99.9 cm³/mol. The molecule has 0 heterocycles. The van der Waals surface area contributed by atoms with Crippen LogP contribution in [0.4, 0.5) is 0 Å². The van der Waals surface area contributed by atoms with Gasteiger partial charge in [0.25, 0.3) is 0 Å². The summed E-state index contributed by atoms with van der Waals surface area (Å²) in [6.07, 6.45) is 10.5. The van der Waals surface area contributed by atoms with E-state index in [1.807, 2.05) is 12.1 Å². The molecule has 0 amide bonds. The number of nitriles is 1. The fourth-order valence-corrected chi connectivity index (χ4v) is 3.51. The van der Waals surface area contributed by atoms with Crippen LogP contribution in [0.3, 0.4) is 0 Å². The summed E-state index contributed by atoms with van der Waals surface area (Å²) in [6.45, 7) is 10.2. The van der Waals surface area contributed by atoms with Gasteiger partial charge < -0.3 is 0 Å². The molecule has 1 atom stereocenters. The number of allylic oxidation sites excluding steroid dienone is 1. The summed E-state index contributed by atoms with van der Waals surface area (Å²) in [5, 5.41) is 9.60. The maximum absolute atomic E-state index is 9.60. The Morgan fingerprint density at radius 2 is 1.91 bits per heavy atom. The van der Waals surface area contributed by atoms with Crippen LogP contribution in [0.15, 0.2) is 35.5 Å². The topological polar surface area (TPSA) is 36.1 Å². The van der Waals surface area contributed by atoms with E-state index in [0.29, 0.717) is 11.8 Å². The van der Waals surface area contributed by atoms with Crippen LogP contribution in [0.1, 0.15) is 75.5 Å². The minimum atomic E-state index is 0.490. The normalized spacial score (nSPS) is 12.5. The predicted octanol–water partition coefficient (Wildman–Crippen LogP) is 6.03. The fraction of sp³-hybridized carbons (Fsp3) is 0.524. The summed E-state index contributed by atoms with van der Waals surface area (Å²) >= 11 is 0. The van der Waals surface area contributed by atoms with E-state index in [-0.39, 0.29) is 0 Å². The van der Waals surface area contributed by atoms with E-state index in [1.165, 1.54) is 31.2 Å². The molecule has 0 aromatic heterocycles. The van der Waals surface area contributed by atoms with E-state index < -0.39 is 0 Å². The number of rotatable bonds is 10. The molecular weight excluding hydrogens is 280 g/mol. The molecule has 0 fully saturated rings. The van der Waals surface area contributed by atoms with Gasteiger partial charge in [-0.3, -0.25) is 4.99 Å². The summed E-state index contributed by atoms with van der Waals surface area (Å²) in [6, 6.07) is 8.79. The molecule has 23 heavy (non-hydrogen) atoms. The van der Waals surface area contributed by atoms with Crippen LogP contribution >= 0.6 is 0 Å². The second-order valence-electron chi connectivity index (χ2n) is 6.16. The summed E-state index contributed by atoms with van der Waals surface area (Å²) in [7, 11) is 0. The van der Waals surface area contributed by atoms with Gasteiger partial charge >= 0.3 is 0 Å². The lowest BCUT2D eigenvalue weighted by atomic mass is 9.77. The van der Waals surface area contributed by atoms with Gasteiger partial charge in [-0.1, -0.05) is 64.7 Å². The second-order valence-corrected chi connectivity index (χ2v) is 6.16. The molecule has 1 aromatic carbocycles. The number of hydrogen-bond donors (Lipinski definition) is 0. The highest BCUT2D eigenvalue weighted by Crippen LogP contribution is 2.36. The molecule has 124 valence electrons. The zero-order chi connectivity index (χ0) is 17.1. The van der Waals surface area contributed by atoms with Gasteiger partial charge in [-0.25, -0.2) is 0 Å². The van der Waals surface area contributed by atoms with E-state index in [1.54, 1.807) is 6.20 Å². The molecule has 0 N–H and O–H groups in total. The van der Waals surface area contributed by atoms with Crippen molar-refractivity contribution in [2.45, 2.75) is 65.2 Å². The molecule has 1 aromatic rings. The maximum atomic E-state index is 9.60. The molecule has 2 heteroatoms. The van der Waals surface area contributed by atoms with Crippen molar-refractivity contribution in [1.82, 2.24) is 0 Å². The molecule has 0 aliphatic heterocycles. The average molecular weight is 310 g/mol. The first-order valence-corrected chi connectivity index (χ1v) is 8.85. The highest BCUT2D eigenvalue weighted by atomic mass is 14.6. The quantitative estimate of drug-likeness (QED) is 0.486. The van der Waals surface area contributed by atoms with E-state index in [2.05, 4.69) is 50.7 Å². The van der Waals surface area contributed by atoms with Crippen LogP contribution < -0.4 is 0 Å². The van der Waals surface area contributed by atoms with E-state index in [9.17, 15) is 5.26 Å². The molecule has 0 bridgehead atoms. The first kappa shape index (κ1) is 19.2. The monoisotopic (exact) mass is 310 g/mol. The van der Waals surface area contributed by atoms with Crippen LogP contribution in [-0.2, 0) is 6.42 Å². The highest BCUT2D eigenvalue weighted by molar-refractivity contribution is 5.43. The van der Waals surface area contributed by atoms with Gasteiger partial charge in [0.15, 0.2) is 0 Å². The Morgan fingerprint density at radius 3 is 2.43 bits per heavy atom. The molecule has 2 nitrogen and oxygen atoms in total. The maximum Gasteiger partial charge on any atom is 0.0994 e. The van der Waals surface area contributed by atoms with Gasteiger partial charge in [-0.2, -0.15) is 5.26 Å². The van der Waals surface area contributed by atoms with Crippen LogP contribution in [-0.4, -0.2) is 6.72 Å². The Labute approximate surface area is 142 Å². The summed E-state index contributed by atoms with van der Waals surface area (Å²) < 4.78 is 0. The van der Waals surface area contributed by atoms with Gasteiger partial charge in [-0.05, 0) is 48.6 Å². The zero-order valence-electron chi connectivity index (χ0n) is 14.9. The van der Waals surface area contributed by atoms with Gasteiger partial charge in [0, 0.05) is 6.20 Å². The second kappa shape index (κ2) is 10.8. The minimum Gasteiger partial charge on any atom is -0.273 e. The standard InChI is InChI=1S/C21H30N2/c1-5-9-18(10-6-2)20(7-3)21-13-12-17(11-8-14-23-4)15-19(21)16-22/h8,12-15,18,20H,4-7,9-11H2,1-3H3/b14-8-. The number of nitrogens with zero attached hydrogens (tertiary/aromatic N) is 2. The number of hydrogen-bond acceptors (Lipinski definition) is 2. The van der Waals surface area contributed by atoms with Crippen molar-refractivity contribution in [2.24, 2.45) is 10.9 Å². The van der Waals surface area contributed by atoms with Crippen molar-refractivity contribution in [2.75, 3.05) is 0 Å². The van der Waals surface area contributed by atoms with Crippen molar-refractivity contribution < 1.29 is 0 Å². The van der Waals surface area contributed by atoms with Crippen molar-refractivity contribution in [3.63, 3.8) is 0 Å². The Morgan fingerprint density at radius 1 is 1.22 bits per heavy atom. The van der Waals surface area contributed by atoms with E-state index in [0.717, 1.165) is 24.0 Å². The molecule has 0 aliphatic rings. The van der Waals surface area contributed by atoms with Crippen LogP contribution in [0.25, 0.3) is 0 Å². The summed E-state index contributed by atoms with van der Waals surface area (Å²) in [5.74, 6) is 1.17. The third-order valence-corrected chi connectivity index (χ3v) is 4.53. The summed E-state index contributed by atoms with van der Waals surface area (Å²) in [4.78, 5) is 3.72. The Kier molecular flexibility index (Phi) is 8.98. The van der Waals surface area contributed by atoms with Crippen molar-refractivity contribution in [3.05, 3.63) is 47.2 Å². The lowest BCUT2D eigenvalue weighted by Gasteiger charge is -2.27. The lowest BCUT2D eigenvalue weighted by molar-refractivity contribution is 0.354. The minimum absolute atomic E-state index is 0.490. The van der Waals surface area contributed by atoms with Gasteiger partial charge in [0.2, 0.25) is 0 Å². The third kappa shape index (κ3) is 5.67. The van der Waals surface area contributed by atoms with Crippen LogP contribution in [0.2, 0.25) is 0 Å². The number of benzene rings is 1. The first-order valence-electron chi connectivity index (χ1n) is 8.85. The average Bonchev–Trinajstić information content (AvgIpc) is 2.57. The van der Waals surface area contributed by atoms with Crippen LogP contribution in [0.5, 0.6) is 0 Å². The SMILES string of the molecule is C=N/C=C\Cc1ccc(C(CC)C(CCC)CCC)c(C#N)c1. The Bertz CT molecular complexity index is 545. The molecule has 0 aliphatic carbocycles. The molecular formula is C21H30N2. The highest BCUT2D eigenvalue weighted by Gasteiger charge is 2.22. The molecule has 0 saturated carbocycles. The van der Waals surface area contributed by atoms with Gasteiger partial charge in [-0.15, -0.1) is 0 Å². The van der Waals surface area contributed by atoms with Crippen molar-refractivity contribution in [3.8, 4) is 6.07 Å². The first-order chi connectivity index (χ1) is 11.2. The van der Waals surface area contributed by atoms with Crippen molar-refractivity contribution >= 4 is 6.72 Å². The Balaban J connectivity index is 3.09. The summed E-state index contributed by atoms with van der Waals surface area (Å²) in [5.41, 5.74) is 3.23. The molecule has 1 rings (SSSR count). The molecule has 0 spiro atoms. The number of aliphatic imine (C=N–C) groups is 1. The van der Waals surface area contributed by atoms with E-state index in [4.69, 9.17) is 0 Å². The van der Waals surface area contributed by atoms with Gasteiger partial charge in [0.1, 0.15) is 0 Å². The van der Waals surface area contributed by atoms with Gasteiger partial charge in [0.05, 0.1) is 11.6 Å². The smallest absolute Gasteiger partial charge is 0.0994 e. The van der Waals surface area contributed by atoms with E-state index >= 15 is 0 Å². The Hall–Kier alpha value is -1.88. The zero-order valence-corrected chi connectivity index (χ0v) is 14.9. The molecule has 1 unspecified atom stereocenters. The molecule has 0 saturated heterocycles. The fourth-order valence-electron chi connectivity index (χ4n) is 3.51. The third-order valence-electron chi connectivity index (χ3n) is 4.53. The van der Waals surface area contributed by atoms with Crippen molar-refractivity contribution in [1.29, 1.82) is 5.26 Å². The lowest BCUT2D eigenvalue weighted by Crippen LogP contribution is -2.14. The van der Waals surface area contributed by atoms with Crippen LogP contribution in [0, 0.1) is 17.2 Å².